The van der Waals surface area contributed by atoms with E-state index in [1.54, 1.807) is 6.20 Å². The van der Waals surface area contributed by atoms with Crippen molar-refractivity contribution in [2.24, 2.45) is 0 Å². The van der Waals surface area contributed by atoms with Gasteiger partial charge in [0, 0.05) is 44.4 Å². The van der Waals surface area contributed by atoms with Crippen molar-refractivity contribution in [3.05, 3.63) is 146 Å². The molecule has 0 fully saturated rings. The lowest BCUT2D eigenvalue weighted by Gasteiger charge is -2.12. The van der Waals surface area contributed by atoms with E-state index in [2.05, 4.69) is 148 Å². The minimum atomic E-state index is 0.744. The average molecular weight is 537 g/mol. The standard InChI is InChI=1S/C38H24N4/c1-2-11-27(12-3-1)41-33-17-6-5-14-30(33)32-24-26(19-21-35(32)41)28-15-8-16-31-29-13-4-7-18-34(29)42(37(28)31)36-22-20-25-10-9-23-39-38(25)40-36/h1-24H. The molecular formula is C38H24N4. The Kier molecular flexibility index (Phi) is 4.87. The predicted octanol–water partition coefficient (Wildman–Crippen LogP) is 9.49. The van der Waals surface area contributed by atoms with E-state index in [1.807, 2.05) is 6.07 Å². The average Bonchev–Trinajstić information content (AvgIpc) is 3.58. The van der Waals surface area contributed by atoms with E-state index in [9.17, 15) is 0 Å². The highest BCUT2D eigenvalue weighted by Gasteiger charge is 2.19. The monoisotopic (exact) mass is 536 g/mol. The van der Waals surface area contributed by atoms with Gasteiger partial charge in [-0.15, -0.1) is 0 Å². The minimum Gasteiger partial charge on any atom is -0.309 e. The summed E-state index contributed by atoms with van der Waals surface area (Å²) in [4.78, 5) is 9.59. The number of hydrogen-bond donors (Lipinski definition) is 0. The van der Waals surface area contributed by atoms with Crippen LogP contribution in [0.3, 0.4) is 0 Å². The summed E-state index contributed by atoms with van der Waals surface area (Å²) in [6, 6.07) is 49.6. The molecule has 0 radical (unpaired) electrons. The molecule has 0 aliphatic heterocycles. The van der Waals surface area contributed by atoms with Gasteiger partial charge < -0.3 is 4.57 Å². The summed E-state index contributed by atoms with van der Waals surface area (Å²) in [5, 5.41) is 5.92. The second kappa shape index (κ2) is 8.88. The van der Waals surface area contributed by atoms with E-state index >= 15 is 0 Å². The number of nitrogens with zero attached hydrogens (tertiary/aromatic N) is 4. The van der Waals surface area contributed by atoms with Crippen molar-refractivity contribution in [3.63, 3.8) is 0 Å². The molecule has 9 rings (SSSR count). The minimum absolute atomic E-state index is 0.744. The lowest BCUT2D eigenvalue weighted by Crippen LogP contribution is -1.99. The number of fused-ring (bicyclic) bond motifs is 7. The van der Waals surface area contributed by atoms with Crippen molar-refractivity contribution in [1.82, 2.24) is 19.1 Å². The molecule has 0 amide bonds. The zero-order valence-corrected chi connectivity index (χ0v) is 22.6. The highest BCUT2D eigenvalue weighted by Crippen LogP contribution is 2.40. The largest absolute Gasteiger partial charge is 0.309 e. The van der Waals surface area contributed by atoms with E-state index in [0.717, 1.165) is 33.6 Å². The second-order valence-corrected chi connectivity index (χ2v) is 10.7. The van der Waals surface area contributed by atoms with Crippen LogP contribution < -0.4 is 0 Å². The van der Waals surface area contributed by atoms with Gasteiger partial charge in [-0.2, -0.15) is 0 Å². The van der Waals surface area contributed by atoms with Gasteiger partial charge in [-0.05, 0) is 66.2 Å². The van der Waals surface area contributed by atoms with E-state index in [4.69, 9.17) is 4.98 Å². The van der Waals surface area contributed by atoms with Crippen LogP contribution in [-0.2, 0) is 0 Å². The Morgan fingerprint density at radius 2 is 1.19 bits per heavy atom. The van der Waals surface area contributed by atoms with Crippen molar-refractivity contribution in [1.29, 1.82) is 0 Å². The SMILES string of the molecule is c1ccc(-n2c3ccccc3c3cc(-c4cccc5c6ccccc6n(-c6ccc7cccnc7n6)c45)ccc32)cc1. The summed E-state index contributed by atoms with van der Waals surface area (Å²) >= 11 is 0. The van der Waals surface area contributed by atoms with Gasteiger partial charge in [-0.1, -0.05) is 78.9 Å². The number of rotatable bonds is 3. The number of para-hydroxylation sites is 4. The van der Waals surface area contributed by atoms with E-state index in [0.29, 0.717) is 0 Å². The number of pyridine rings is 2. The molecule has 0 aliphatic carbocycles. The molecule has 0 saturated heterocycles. The maximum Gasteiger partial charge on any atom is 0.161 e. The Hall–Kier alpha value is -5.74. The summed E-state index contributed by atoms with van der Waals surface area (Å²) in [6.45, 7) is 0. The normalized spacial score (nSPS) is 11.8. The summed E-state index contributed by atoms with van der Waals surface area (Å²) in [6.07, 6.45) is 1.80. The Bertz CT molecular complexity index is 2470. The first-order valence-electron chi connectivity index (χ1n) is 14.2. The van der Waals surface area contributed by atoms with Crippen LogP contribution in [0.15, 0.2) is 146 Å². The van der Waals surface area contributed by atoms with Crippen LogP contribution in [0.25, 0.3) is 77.3 Å². The van der Waals surface area contributed by atoms with Gasteiger partial charge in [0.25, 0.3) is 0 Å². The Labute approximate surface area is 241 Å². The van der Waals surface area contributed by atoms with E-state index in [-0.39, 0.29) is 0 Å². The van der Waals surface area contributed by atoms with Crippen LogP contribution in [0.5, 0.6) is 0 Å². The third-order valence-corrected chi connectivity index (χ3v) is 8.37. The van der Waals surface area contributed by atoms with Crippen LogP contribution in [0.4, 0.5) is 0 Å². The van der Waals surface area contributed by atoms with Gasteiger partial charge in [0.2, 0.25) is 0 Å². The fraction of sp³-hybridized carbons (Fsp3) is 0. The van der Waals surface area contributed by atoms with Crippen LogP contribution in [0.2, 0.25) is 0 Å². The summed E-state index contributed by atoms with van der Waals surface area (Å²) in [5.41, 5.74) is 8.93. The van der Waals surface area contributed by atoms with Crippen LogP contribution >= 0.6 is 0 Å². The van der Waals surface area contributed by atoms with Crippen LogP contribution in [0, 0.1) is 0 Å². The summed E-state index contributed by atoms with van der Waals surface area (Å²) in [5.74, 6) is 0.863. The van der Waals surface area contributed by atoms with Crippen molar-refractivity contribution >= 4 is 54.6 Å². The molecule has 4 heteroatoms. The quantitative estimate of drug-likeness (QED) is 0.225. The van der Waals surface area contributed by atoms with Crippen molar-refractivity contribution in [2.75, 3.05) is 0 Å². The maximum absolute atomic E-state index is 5.03. The molecule has 196 valence electrons. The van der Waals surface area contributed by atoms with E-state index < -0.39 is 0 Å². The first kappa shape index (κ1) is 23.0. The number of benzene rings is 5. The van der Waals surface area contributed by atoms with E-state index in [1.165, 1.54) is 43.7 Å². The zero-order chi connectivity index (χ0) is 27.6. The smallest absolute Gasteiger partial charge is 0.161 e. The molecular weight excluding hydrogens is 512 g/mol. The molecule has 4 heterocycles. The molecule has 9 aromatic rings. The zero-order valence-electron chi connectivity index (χ0n) is 22.6. The Balaban J connectivity index is 1.36. The van der Waals surface area contributed by atoms with Crippen molar-refractivity contribution in [2.45, 2.75) is 0 Å². The van der Waals surface area contributed by atoms with Crippen LogP contribution in [0.1, 0.15) is 0 Å². The molecule has 0 spiro atoms. The van der Waals surface area contributed by atoms with Gasteiger partial charge in [0.15, 0.2) is 5.65 Å². The molecule has 42 heavy (non-hydrogen) atoms. The fourth-order valence-corrected chi connectivity index (χ4v) is 6.55. The Morgan fingerprint density at radius 1 is 0.476 bits per heavy atom. The molecule has 0 aliphatic rings. The highest BCUT2D eigenvalue weighted by atomic mass is 15.1. The lowest BCUT2D eigenvalue weighted by atomic mass is 10.00. The van der Waals surface area contributed by atoms with Gasteiger partial charge in [-0.3, -0.25) is 4.57 Å². The summed E-state index contributed by atoms with van der Waals surface area (Å²) < 4.78 is 4.66. The van der Waals surface area contributed by atoms with Crippen molar-refractivity contribution < 1.29 is 0 Å². The molecule has 0 unspecified atom stereocenters. The number of hydrogen-bond acceptors (Lipinski definition) is 2. The first-order valence-corrected chi connectivity index (χ1v) is 14.2. The third-order valence-electron chi connectivity index (χ3n) is 8.37. The molecule has 0 N–H and O–H groups in total. The topological polar surface area (TPSA) is 35.6 Å². The second-order valence-electron chi connectivity index (χ2n) is 10.7. The van der Waals surface area contributed by atoms with Gasteiger partial charge >= 0.3 is 0 Å². The molecule has 4 nitrogen and oxygen atoms in total. The Morgan fingerprint density at radius 3 is 2.05 bits per heavy atom. The van der Waals surface area contributed by atoms with Gasteiger partial charge in [0.05, 0.1) is 22.1 Å². The summed E-state index contributed by atoms with van der Waals surface area (Å²) in [7, 11) is 0. The first-order chi connectivity index (χ1) is 20.8. The molecule has 0 saturated carbocycles. The van der Waals surface area contributed by atoms with Crippen LogP contribution in [-0.4, -0.2) is 19.1 Å². The van der Waals surface area contributed by atoms with Gasteiger partial charge in [0.1, 0.15) is 5.82 Å². The maximum atomic E-state index is 5.03. The molecule has 4 aromatic heterocycles. The predicted molar refractivity (Wildman–Crippen MR) is 174 cm³/mol. The lowest BCUT2D eigenvalue weighted by molar-refractivity contribution is 1.09. The third kappa shape index (κ3) is 3.29. The molecule has 5 aromatic carbocycles. The van der Waals surface area contributed by atoms with Gasteiger partial charge in [-0.25, -0.2) is 9.97 Å². The fourth-order valence-electron chi connectivity index (χ4n) is 6.55. The van der Waals surface area contributed by atoms with Crippen molar-refractivity contribution in [3.8, 4) is 22.6 Å². The molecule has 0 atom stereocenters. The number of aromatic nitrogens is 4. The highest BCUT2D eigenvalue weighted by molar-refractivity contribution is 6.15. The molecule has 0 bridgehead atoms.